The van der Waals surface area contributed by atoms with Gasteiger partial charge in [0.25, 0.3) is 0 Å². The lowest BCUT2D eigenvalue weighted by molar-refractivity contribution is 0.0467. The Kier molecular flexibility index (Phi) is 5.93. The van der Waals surface area contributed by atoms with Crippen molar-refractivity contribution < 1.29 is 9.47 Å². The van der Waals surface area contributed by atoms with Crippen LogP contribution in [0.1, 0.15) is 31.2 Å². The van der Waals surface area contributed by atoms with Gasteiger partial charge in [0.2, 0.25) is 6.79 Å². The van der Waals surface area contributed by atoms with Crippen molar-refractivity contribution in [1.82, 2.24) is 24.3 Å². The van der Waals surface area contributed by atoms with Crippen molar-refractivity contribution in [2.75, 3.05) is 46.1 Å². The number of fused-ring (bicyclic) bond motifs is 1. The van der Waals surface area contributed by atoms with Crippen molar-refractivity contribution in [1.29, 1.82) is 0 Å². The van der Waals surface area contributed by atoms with Crippen molar-refractivity contribution >= 4 is 0 Å². The first kappa shape index (κ1) is 19.8. The molecule has 7 nitrogen and oxygen atoms in total. The molecule has 1 atom stereocenters. The summed E-state index contributed by atoms with van der Waals surface area (Å²) in [5.74, 6) is 2.95. The smallest absolute Gasteiger partial charge is 0.231 e. The van der Waals surface area contributed by atoms with E-state index in [2.05, 4.69) is 49.5 Å². The Hall–Kier alpha value is -2.09. The van der Waals surface area contributed by atoms with E-state index in [4.69, 9.17) is 9.47 Å². The molecule has 0 spiro atoms. The third-order valence-corrected chi connectivity index (χ3v) is 6.75. The maximum absolute atomic E-state index is 5.53. The first-order valence-electron chi connectivity index (χ1n) is 11.4. The predicted molar refractivity (Wildman–Crippen MR) is 116 cm³/mol. The molecule has 0 N–H and O–H groups in total. The Bertz CT molecular complexity index is 846. The second kappa shape index (κ2) is 8.96. The lowest BCUT2D eigenvalue weighted by Crippen LogP contribution is -2.54. The minimum atomic E-state index is 0.343. The van der Waals surface area contributed by atoms with Gasteiger partial charge in [-0.3, -0.25) is 14.7 Å². The first-order chi connectivity index (χ1) is 14.8. The SMILES string of the molecule is CCn1ccnc1CN1CCC[C@@H](N2CCN(Cc3ccc4c(c3)OCO4)CC2)C1. The van der Waals surface area contributed by atoms with Gasteiger partial charge in [-0.15, -0.1) is 0 Å². The first-order valence-corrected chi connectivity index (χ1v) is 11.4. The number of imidazole rings is 1. The second-order valence-electron chi connectivity index (χ2n) is 8.66. The molecule has 4 heterocycles. The van der Waals surface area contributed by atoms with Crippen LogP contribution in [0.3, 0.4) is 0 Å². The number of ether oxygens (including phenoxy) is 2. The van der Waals surface area contributed by atoms with Gasteiger partial charge in [0.15, 0.2) is 11.5 Å². The van der Waals surface area contributed by atoms with Gasteiger partial charge in [-0.05, 0) is 44.0 Å². The largest absolute Gasteiger partial charge is 0.454 e. The standard InChI is InChI=1S/C23H33N5O2/c1-2-27-9-7-24-23(27)17-26-8-3-4-20(16-26)28-12-10-25(11-13-28)15-19-5-6-21-22(14-19)30-18-29-21/h5-7,9,14,20H,2-4,8,10-13,15-18H2,1H3/t20-/m1/s1. The van der Waals surface area contributed by atoms with Crippen molar-refractivity contribution in [3.8, 4) is 11.5 Å². The summed E-state index contributed by atoms with van der Waals surface area (Å²) in [5.41, 5.74) is 1.31. The topological polar surface area (TPSA) is 46.0 Å². The molecule has 30 heavy (non-hydrogen) atoms. The highest BCUT2D eigenvalue weighted by Gasteiger charge is 2.28. The van der Waals surface area contributed by atoms with Gasteiger partial charge >= 0.3 is 0 Å². The molecule has 1 aromatic carbocycles. The molecule has 1 aromatic heterocycles. The molecule has 0 unspecified atom stereocenters. The number of nitrogens with zero attached hydrogens (tertiary/aromatic N) is 5. The van der Waals surface area contributed by atoms with Crippen LogP contribution in [0.4, 0.5) is 0 Å². The zero-order valence-electron chi connectivity index (χ0n) is 18.0. The van der Waals surface area contributed by atoms with E-state index in [9.17, 15) is 0 Å². The summed E-state index contributed by atoms with van der Waals surface area (Å²) in [5, 5.41) is 0. The summed E-state index contributed by atoms with van der Waals surface area (Å²) in [7, 11) is 0. The Morgan fingerprint density at radius 1 is 1.00 bits per heavy atom. The predicted octanol–water partition coefficient (Wildman–Crippen LogP) is 2.41. The number of aryl methyl sites for hydroxylation is 1. The Balaban J connectivity index is 1.12. The van der Waals surface area contributed by atoms with Gasteiger partial charge < -0.3 is 14.0 Å². The summed E-state index contributed by atoms with van der Waals surface area (Å²) in [6, 6.07) is 7.01. The van der Waals surface area contributed by atoms with Crippen molar-refractivity contribution in [2.45, 2.75) is 45.4 Å². The molecule has 3 aliphatic heterocycles. The fourth-order valence-corrected chi connectivity index (χ4v) is 5.04. The number of rotatable bonds is 6. The minimum absolute atomic E-state index is 0.343. The zero-order valence-corrected chi connectivity index (χ0v) is 18.0. The van der Waals surface area contributed by atoms with E-state index in [1.165, 1.54) is 37.3 Å². The van der Waals surface area contributed by atoms with Crippen molar-refractivity contribution in [3.63, 3.8) is 0 Å². The molecule has 162 valence electrons. The number of piperazine rings is 1. The molecule has 0 bridgehead atoms. The van der Waals surface area contributed by atoms with Gasteiger partial charge in [-0.1, -0.05) is 6.07 Å². The molecule has 3 aliphatic rings. The molecular formula is C23H33N5O2. The van der Waals surface area contributed by atoms with Crippen LogP contribution in [0, 0.1) is 0 Å². The van der Waals surface area contributed by atoms with E-state index < -0.39 is 0 Å². The van der Waals surface area contributed by atoms with Crippen LogP contribution in [0.2, 0.25) is 0 Å². The normalized spacial score (nSPS) is 23.2. The van der Waals surface area contributed by atoms with Gasteiger partial charge in [0.05, 0.1) is 6.54 Å². The lowest BCUT2D eigenvalue weighted by atomic mass is 10.0. The van der Waals surface area contributed by atoms with E-state index in [1.807, 2.05) is 12.3 Å². The lowest BCUT2D eigenvalue weighted by Gasteiger charge is -2.43. The Labute approximate surface area is 179 Å². The van der Waals surface area contributed by atoms with Crippen LogP contribution in [0.15, 0.2) is 30.6 Å². The van der Waals surface area contributed by atoms with E-state index in [0.717, 1.165) is 57.3 Å². The van der Waals surface area contributed by atoms with Crippen LogP contribution in [0.25, 0.3) is 0 Å². The molecule has 2 saturated heterocycles. The number of hydrogen-bond donors (Lipinski definition) is 0. The minimum Gasteiger partial charge on any atom is -0.454 e. The maximum Gasteiger partial charge on any atom is 0.231 e. The van der Waals surface area contributed by atoms with Gasteiger partial charge in [-0.25, -0.2) is 4.98 Å². The quantitative estimate of drug-likeness (QED) is 0.728. The molecule has 0 saturated carbocycles. The monoisotopic (exact) mass is 411 g/mol. The third kappa shape index (κ3) is 4.33. The Morgan fingerprint density at radius 2 is 1.87 bits per heavy atom. The van der Waals surface area contributed by atoms with Crippen LogP contribution in [0.5, 0.6) is 11.5 Å². The van der Waals surface area contributed by atoms with Crippen molar-refractivity contribution in [2.24, 2.45) is 0 Å². The van der Waals surface area contributed by atoms with Crippen LogP contribution in [-0.2, 0) is 19.6 Å². The highest BCUT2D eigenvalue weighted by Crippen LogP contribution is 2.33. The fraction of sp³-hybridized carbons (Fsp3) is 0.609. The Morgan fingerprint density at radius 3 is 2.73 bits per heavy atom. The van der Waals surface area contributed by atoms with Gasteiger partial charge in [-0.2, -0.15) is 0 Å². The number of benzene rings is 1. The number of hydrogen-bond acceptors (Lipinski definition) is 6. The summed E-state index contributed by atoms with van der Waals surface area (Å²) in [6.45, 7) is 12.4. The molecule has 0 aliphatic carbocycles. The van der Waals surface area contributed by atoms with Gasteiger partial charge in [0.1, 0.15) is 5.82 Å². The average molecular weight is 412 g/mol. The van der Waals surface area contributed by atoms with E-state index in [1.54, 1.807) is 0 Å². The second-order valence-corrected chi connectivity index (χ2v) is 8.66. The number of piperidine rings is 1. The zero-order chi connectivity index (χ0) is 20.3. The number of aromatic nitrogens is 2. The molecular weight excluding hydrogens is 378 g/mol. The molecule has 2 aromatic rings. The average Bonchev–Trinajstić information content (AvgIpc) is 3.43. The molecule has 0 radical (unpaired) electrons. The maximum atomic E-state index is 5.53. The summed E-state index contributed by atoms with van der Waals surface area (Å²) in [4.78, 5) is 12.5. The summed E-state index contributed by atoms with van der Waals surface area (Å²) < 4.78 is 13.2. The molecule has 7 heteroatoms. The highest BCUT2D eigenvalue weighted by atomic mass is 16.7. The molecule has 2 fully saturated rings. The highest BCUT2D eigenvalue weighted by molar-refractivity contribution is 5.44. The van der Waals surface area contributed by atoms with Crippen LogP contribution >= 0.6 is 0 Å². The third-order valence-electron chi connectivity index (χ3n) is 6.75. The van der Waals surface area contributed by atoms with Crippen LogP contribution in [-0.4, -0.2) is 76.4 Å². The summed E-state index contributed by atoms with van der Waals surface area (Å²) >= 11 is 0. The fourth-order valence-electron chi connectivity index (χ4n) is 5.04. The van der Waals surface area contributed by atoms with E-state index in [0.29, 0.717) is 12.8 Å². The summed E-state index contributed by atoms with van der Waals surface area (Å²) in [6.07, 6.45) is 6.63. The molecule has 0 amide bonds. The molecule has 5 rings (SSSR count). The number of likely N-dealkylation sites (tertiary alicyclic amines) is 1. The van der Waals surface area contributed by atoms with Gasteiger partial charge in [0, 0.05) is 64.2 Å². The van der Waals surface area contributed by atoms with E-state index >= 15 is 0 Å². The van der Waals surface area contributed by atoms with Crippen molar-refractivity contribution in [3.05, 3.63) is 42.0 Å². The van der Waals surface area contributed by atoms with Crippen LogP contribution < -0.4 is 9.47 Å². The van der Waals surface area contributed by atoms with E-state index in [-0.39, 0.29) is 0 Å².